The van der Waals surface area contributed by atoms with E-state index >= 15 is 0 Å². The summed E-state index contributed by atoms with van der Waals surface area (Å²) in [6.07, 6.45) is 1.67. The molecule has 29 heavy (non-hydrogen) atoms. The van der Waals surface area contributed by atoms with E-state index in [-0.39, 0.29) is 11.7 Å². The fourth-order valence-corrected chi connectivity index (χ4v) is 2.96. The van der Waals surface area contributed by atoms with Gasteiger partial charge in [0.25, 0.3) is 5.91 Å². The molecular formula is C23H17FN4O. The van der Waals surface area contributed by atoms with Crippen LogP contribution < -0.4 is 5.43 Å². The third kappa shape index (κ3) is 4.01. The summed E-state index contributed by atoms with van der Waals surface area (Å²) < 4.78 is 13.3. The lowest BCUT2D eigenvalue weighted by atomic mass is 10.0. The van der Waals surface area contributed by atoms with Gasteiger partial charge in [-0.15, -0.1) is 0 Å². The maximum Gasteiger partial charge on any atom is 0.272 e. The molecule has 0 aliphatic carbocycles. The molecule has 4 aromatic rings. The zero-order chi connectivity index (χ0) is 20.2. The SMILES string of the molecule is C/C(=N\NC(=O)c1cc(-c2ccc(F)cc2)nc2ccccc12)c1ccccn1. The maximum absolute atomic E-state index is 13.3. The van der Waals surface area contributed by atoms with E-state index in [9.17, 15) is 9.18 Å². The van der Waals surface area contributed by atoms with Gasteiger partial charge in [0.05, 0.1) is 28.2 Å². The van der Waals surface area contributed by atoms with Crippen molar-refractivity contribution in [3.05, 3.63) is 96.1 Å². The Morgan fingerprint density at radius 1 is 1.00 bits per heavy atom. The van der Waals surface area contributed by atoms with Crippen molar-refractivity contribution in [1.29, 1.82) is 0 Å². The second-order valence-electron chi connectivity index (χ2n) is 6.43. The van der Waals surface area contributed by atoms with E-state index in [1.807, 2.05) is 42.5 Å². The monoisotopic (exact) mass is 384 g/mol. The van der Waals surface area contributed by atoms with Gasteiger partial charge in [-0.3, -0.25) is 9.78 Å². The largest absolute Gasteiger partial charge is 0.272 e. The smallest absolute Gasteiger partial charge is 0.267 e. The number of benzene rings is 2. The predicted octanol–water partition coefficient (Wildman–Crippen LogP) is 4.59. The topological polar surface area (TPSA) is 67.2 Å². The summed E-state index contributed by atoms with van der Waals surface area (Å²) in [5.41, 5.74) is 6.28. The minimum atomic E-state index is -0.359. The maximum atomic E-state index is 13.3. The first-order valence-electron chi connectivity index (χ1n) is 9.03. The third-order valence-corrected chi connectivity index (χ3v) is 4.46. The molecule has 0 spiro atoms. The molecule has 0 saturated heterocycles. The van der Waals surface area contributed by atoms with Crippen molar-refractivity contribution >= 4 is 22.5 Å². The Kier molecular flexibility index (Phi) is 5.07. The van der Waals surface area contributed by atoms with E-state index in [4.69, 9.17) is 0 Å². The number of nitrogens with one attached hydrogen (secondary N) is 1. The van der Waals surface area contributed by atoms with Crippen LogP contribution in [0, 0.1) is 5.82 Å². The number of pyridine rings is 2. The number of carbonyl (C=O) groups is 1. The molecule has 142 valence electrons. The quantitative estimate of drug-likeness (QED) is 0.413. The first kappa shape index (κ1) is 18.4. The van der Waals surface area contributed by atoms with Gasteiger partial charge in [0.2, 0.25) is 0 Å². The second kappa shape index (κ2) is 7.98. The first-order chi connectivity index (χ1) is 14.1. The number of hydrogen-bond acceptors (Lipinski definition) is 4. The van der Waals surface area contributed by atoms with Gasteiger partial charge in [0.1, 0.15) is 5.82 Å². The van der Waals surface area contributed by atoms with Crippen molar-refractivity contribution in [1.82, 2.24) is 15.4 Å². The van der Waals surface area contributed by atoms with E-state index in [0.717, 1.165) is 5.56 Å². The normalized spacial score (nSPS) is 11.4. The number of hydrazone groups is 1. The summed E-state index contributed by atoms with van der Waals surface area (Å²) in [5.74, 6) is -0.686. The molecule has 2 aromatic heterocycles. The van der Waals surface area contributed by atoms with Gasteiger partial charge >= 0.3 is 0 Å². The highest BCUT2D eigenvalue weighted by atomic mass is 19.1. The van der Waals surface area contributed by atoms with Crippen LogP contribution in [0.15, 0.2) is 84.1 Å². The fraction of sp³-hybridized carbons (Fsp3) is 0.0435. The molecule has 0 bridgehead atoms. The molecule has 0 radical (unpaired) electrons. The number of hydrogen-bond donors (Lipinski definition) is 1. The molecule has 2 heterocycles. The Morgan fingerprint density at radius 3 is 2.52 bits per heavy atom. The summed E-state index contributed by atoms with van der Waals surface area (Å²) >= 11 is 0. The molecule has 2 aromatic carbocycles. The number of fused-ring (bicyclic) bond motifs is 1. The highest BCUT2D eigenvalue weighted by molar-refractivity contribution is 6.08. The van der Waals surface area contributed by atoms with Crippen LogP contribution in [0.4, 0.5) is 4.39 Å². The Labute approximate surface area is 167 Å². The summed E-state index contributed by atoms with van der Waals surface area (Å²) in [5, 5.41) is 4.89. The highest BCUT2D eigenvalue weighted by Crippen LogP contribution is 2.25. The number of amides is 1. The van der Waals surface area contributed by atoms with Crippen molar-refractivity contribution in [3.8, 4) is 11.3 Å². The molecule has 0 saturated carbocycles. The lowest BCUT2D eigenvalue weighted by Gasteiger charge is -2.09. The molecular weight excluding hydrogens is 367 g/mol. The van der Waals surface area contributed by atoms with Crippen LogP contribution in [-0.2, 0) is 0 Å². The lowest BCUT2D eigenvalue weighted by Crippen LogP contribution is -2.20. The molecule has 0 aliphatic heterocycles. The zero-order valence-electron chi connectivity index (χ0n) is 15.6. The van der Waals surface area contributed by atoms with Crippen LogP contribution >= 0.6 is 0 Å². The Bertz CT molecular complexity index is 1200. The molecule has 0 fully saturated rings. The van der Waals surface area contributed by atoms with Crippen molar-refractivity contribution in [3.63, 3.8) is 0 Å². The van der Waals surface area contributed by atoms with E-state index in [0.29, 0.717) is 33.6 Å². The predicted molar refractivity (Wildman–Crippen MR) is 111 cm³/mol. The molecule has 1 N–H and O–H groups in total. The number of carbonyl (C=O) groups excluding carboxylic acids is 1. The summed E-state index contributed by atoms with van der Waals surface area (Å²) in [6, 6.07) is 20.6. The number of halogens is 1. The fourth-order valence-electron chi connectivity index (χ4n) is 2.96. The van der Waals surface area contributed by atoms with Crippen molar-refractivity contribution in [2.45, 2.75) is 6.92 Å². The molecule has 0 unspecified atom stereocenters. The average molecular weight is 384 g/mol. The van der Waals surface area contributed by atoms with Gasteiger partial charge < -0.3 is 0 Å². The van der Waals surface area contributed by atoms with Crippen LogP contribution in [0.25, 0.3) is 22.2 Å². The van der Waals surface area contributed by atoms with Gasteiger partial charge in [0, 0.05) is 17.1 Å². The summed E-state index contributed by atoms with van der Waals surface area (Å²) in [4.78, 5) is 21.7. The molecule has 5 nitrogen and oxygen atoms in total. The third-order valence-electron chi connectivity index (χ3n) is 4.46. The molecule has 6 heteroatoms. The van der Waals surface area contributed by atoms with Gasteiger partial charge in [0.15, 0.2) is 0 Å². The van der Waals surface area contributed by atoms with Crippen LogP contribution in [0.1, 0.15) is 23.0 Å². The average Bonchev–Trinajstić information content (AvgIpc) is 2.77. The first-order valence-corrected chi connectivity index (χ1v) is 9.03. The molecule has 0 atom stereocenters. The number of aromatic nitrogens is 2. The lowest BCUT2D eigenvalue weighted by molar-refractivity contribution is 0.0956. The second-order valence-corrected chi connectivity index (χ2v) is 6.43. The van der Waals surface area contributed by atoms with Crippen LogP contribution in [0.2, 0.25) is 0 Å². The van der Waals surface area contributed by atoms with Crippen LogP contribution in [0.3, 0.4) is 0 Å². The summed E-state index contributed by atoms with van der Waals surface area (Å²) in [7, 11) is 0. The van der Waals surface area contributed by atoms with E-state index < -0.39 is 0 Å². The molecule has 4 rings (SSSR count). The van der Waals surface area contributed by atoms with Crippen LogP contribution in [-0.4, -0.2) is 21.6 Å². The zero-order valence-corrected chi connectivity index (χ0v) is 15.6. The standard InChI is InChI=1S/C23H17FN4O/c1-15(20-7-4-5-13-25-20)27-28-23(29)19-14-22(16-9-11-17(24)12-10-16)26-21-8-3-2-6-18(19)21/h2-14H,1H3,(H,28,29)/b27-15+. The van der Waals surface area contributed by atoms with Gasteiger partial charge in [-0.2, -0.15) is 5.10 Å². The van der Waals surface area contributed by atoms with Crippen molar-refractivity contribution in [2.75, 3.05) is 0 Å². The van der Waals surface area contributed by atoms with Gasteiger partial charge in [-0.25, -0.2) is 14.8 Å². The minimum Gasteiger partial charge on any atom is -0.267 e. The van der Waals surface area contributed by atoms with Crippen molar-refractivity contribution < 1.29 is 9.18 Å². The molecule has 1 amide bonds. The summed E-state index contributed by atoms with van der Waals surface area (Å²) in [6.45, 7) is 1.78. The number of para-hydroxylation sites is 1. The van der Waals surface area contributed by atoms with Crippen molar-refractivity contribution in [2.24, 2.45) is 5.10 Å². The number of rotatable bonds is 4. The molecule has 0 aliphatic rings. The Morgan fingerprint density at radius 2 is 1.76 bits per heavy atom. The Balaban J connectivity index is 1.72. The minimum absolute atomic E-state index is 0.327. The van der Waals surface area contributed by atoms with E-state index in [2.05, 4.69) is 20.5 Å². The number of nitrogens with zero attached hydrogens (tertiary/aromatic N) is 3. The highest BCUT2D eigenvalue weighted by Gasteiger charge is 2.14. The van der Waals surface area contributed by atoms with Crippen LogP contribution in [0.5, 0.6) is 0 Å². The Hall–Kier alpha value is -3.93. The van der Waals surface area contributed by atoms with Gasteiger partial charge in [-0.1, -0.05) is 24.3 Å². The van der Waals surface area contributed by atoms with Gasteiger partial charge in [-0.05, 0) is 55.5 Å². The van der Waals surface area contributed by atoms with E-state index in [1.54, 1.807) is 31.3 Å². The van der Waals surface area contributed by atoms with E-state index in [1.165, 1.54) is 12.1 Å².